The first-order valence-electron chi connectivity index (χ1n) is 9.89. The van der Waals surface area contributed by atoms with Crippen LogP contribution in [-0.2, 0) is 23.4 Å². The maximum Gasteiger partial charge on any atom is 0.271 e. The SMILES string of the molecule is O=S(=O)([O-])O.O=[N+]([O-])c1ccc(N=Nc2ccc(CCNCC[n+]3ccccc3)cc2)c(Cl)c1. The number of hydrogen-bond donors (Lipinski definition) is 2. The molecule has 2 N–H and O–H groups in total. The number of benzene rings is 2. The molecule has 34 heavy (non-hydrogen) atoms. The lowest BCUT2D eigenvalue weighted by atomic mass is 10.1. The van der Waals surface area contributed by atoms with Crippen LogP contribution in [0.4, 0.5) is 17.1 Å². The Balaban J connectivity index is 0.000000739. The normalized spacial score (nSPS) is 11.1. The number of halogens is 1. The van der Waals surface area contributed by atoms with Crippen LogP contribution in [0.3, 0.4) is 0 Å². The van der Waals surface area contributed by atoms with Crippen molar-refractivity contribution in [2.45, 2.75) is 13.0 Å². The molecule has 0 saturated heterocycles. The highest BCUT2D eigenvalue weighted by atomic mass is 35.5. The second-order valence-corrected chi connectivity index (χ2v) is 8.06. The summed E-state index contributed by atoms with van der Waals surface area (Å²) in [5.74, 6) is 0. The van der Waals surface area contributed by atoms with Gasteiger partial charge < -0.3 is 9.87 Å². The molecule has 0 spiro atoms. The summed E-state index contributed by atoms with van der Waals surface area (Å²) < 4.78 is 35.0. The molecule has 0 saturated carbocycles. The average Bonchev–Trinajstić information content (AvgIpc) is 2.78. The maximum absolute atomic E-state index is 10.7. The number of hydrogen-bond acceptors (Lipinski definition) is 8. The fraction of sp³-hybridized carbons (Fsp3) is 0.190. The Labute approximate surface area is 201 Å². The molecule has 0 atom stereocenters. The summed E-state index contributed by atoms with van der Waals surface area (Å²) in [5.41, 5.74) is 2.21. The molecule has 1 aromatic heterocycles. The first-order valence-corrected chi connectivity index (χ1v) is 11.6. The topological polar surface area (TPSA) is 161 Å². The van der Waals surface area contributed by atoms with Crippen LogP contribution in [0.25, 0.3) is 0 Å². The van der Waals surface area contributed by atoms with E-state index in [1.54, 1.807) is 0 Å². The Bertz CT molecular complexity index is 1200. The van der Waals surface area contributed by atoms with Crippen molar-refractivity contribution in [3.8, 4) is 0 Å². The van der Waals surface area contributed by atoms with Crippen molar-refractivity contribution in [2.75, 3.05) is 13.1 Å². The van der Waals surface area contributed by atoms with Gasteiger partial charge in [-0.15, -0.1) is 5.11 Å². The third kappa shape index (κ3) is 11.0. The number of nitro groups is 1. The van der Waals surface area contributed by atoms with Crippen LogP contribution in [0.2, 0.25) is 5.02 Å². The predicted molar refractivity (Wildman–Crippen MR) is 124 cm³/mol. The minimum absolute atomic E-state index is 0.0747. The van der Waals surface area contributed by atoms with Gasteiger partial charge >= 0.3 is 0 Å². The van der Waals surface area contributed by atoms with Crippen LogP contribution in [0.1, 0.15) is 5.56 Å². The standard InChI is InChI=1S/C21H21ClN5O2.H2O4S/c22-20-16-19(27(28)29)8-9-21(20)25-24-18-6-4-17(5-7-18)10-11-23-12-15-26-13-2-1-3-14-26;1-5(2,3)4/h1-9,13-14,16,23H,10-12,15H2;(H2,1,2,3,4)/q+1;/p-1. The van der Waals surface area contributed by atoms with Crippen LogP contribution < -0.4 is 9.88 Å². The highest BCUT2D eigenvalue weighted by molar-refractivity contribution is 7.79. The van der Waals surface area contributed by atoms with Crippen LogP contribution in [0, 0.1) is 10.1 Å². The van der Waals surface area contributed by atoms with E-state index in [1.807, 2.05) is 42.5 Å². The summed E-state index contributed by atoms with van der Waals surface area (Å²) in [6.45, 7) is 2.75. The molecule has 0 aliphatic rings. The highest BCUT2D eigenvalue weighted by Crippen LogP contribution is 2.30. The minimum atomic E-state index is -4.92. The summed E-state index contributed by atoms with van der Waals surface area (Å²) in [7, 11) is -4.92. The predicted octanol–water partition coefficient (Wildman–Crippen LogP) is 3.79. The van der Waals surface area contributed by atoms with Crippen molar-refractivity contribution in [3.63, 3.8) is 0 Å². The summed E-state index contributed by atoms with van der Waals surface area (Å²) >= 11 is 6.02. The van der Waals surface area contributed by atoms with Gasteiger partial charge in [-0.3, -0.25) is 14.7 Å². The number of nitrogens with zero attached hydrogens (tertiary/aromatic N) is 4. The lowest BCUT2D eigenvalue weighted by Crippen LogP contribution is -2.38. The van der Waals surface area contributed by atoms with E-state index < -0.39 is 15.3 Å². The molecule has 0 amide bonds. The maximum atomic E-state index is 10.7. The van der Waals surface area contributed by atoms with Gasteiger partial charge in [0.15, 0.2) is 18.9 Å². The van der Waals surface area contributed by atoms with Gasteiger partial charge in [0.2, 0.25) is 10.4 Å². The number of azo groups is 1. The Kier molecular flexibility index (Phi) is 10.6. The molecule has 11 nitrogen and oxygen atoms in total. The lowest BCUT2D eigenvalue weighted by Gasteiger charge is -2.04. The Morgan fingerprint density at radius 2 is 1.68 bits per heavy atom. The van der Waals surface area contributed by atoms with Crippen LogP contribution in [0.5, 0.6) is 0 Å². The second-order valence-electron chi connectivity index (χ2n) is 6.80. The molecule has 0 aliphatic carbocycles. The fourth-order valence-corrected chi connectivity index (χ4v) is 2.89. The van der Waals surface area contributed by atoms with Crippen molar-refractivity contribution in [3.05, 3.63) is 93.8 Å². The van der Waals surface area contributed by atoms with Gasteiger partial charge in [-0.1, -0.05) is 29.8 Å². The third-order valence-corrected chi connectivity index (χ3v) is 4.57. The molecule has 1 heterocycles. The smallest absolute Gasteiger partial charge is 0.271 e. The zero-order valence-electron chi connectivity index (χ0n) is 17.8. The van der Waals surface area contributed by atoms with E-state index in [0.29, 0.717) is 11.4 Å². The molecule has 0 unspecified atom stereocenters. The zero-order chi connectivity index (χ0) is 25.0. The molecule has 3 rings (SSSR count). The Morgan fingerprint density at radius 1 is 1.03 bits per heavy atom. The first kappa shape index (κ1) is 27.0. The van der Waals surface area contributed by atoms with Gasteiger partial charge in [-0.05, 0) is 36.7 Å². The van der Waals surface area contributed by atoms with E-state index in [1.165, 1.54) is 23.8 Å². The third-order valence-electron chi connectivity index (χ3n) is 4.27. The van der Waals surface area contributed by atoms with Gasteiger partial charge in [-0.25, -0.2) is 13.0 Å². The zero-order valence-corrected chi connectivity index (χ0v) is 19.4. The van der Waals surface area contributed by atoms with E-state index in [-0.39, 0.29) is 10.7 Å². The number of nitrogens with one attached hydrogen (secondary N) is 1. The summed E-state index contributed by atoms with van der Waals surface area (Å²) in [4.78, 5) is 10.2. The number of rotatable bonds is 9. The van der Waals surface area contributed by atoms with Crippen molar-refractivity contribution >= 4 is 39.1 Å². The average molecular weight is 508 g/mol. The summed E-state index contributed by atoms with van der Waals surface area (Å²) in [6, 6.07) is 18.0. The van der Waals surface area contributed by atoms with Gasteiger partial charge in [0, 0.05) is 24.3 Å². The van der Waals surface area contributed by atoms with Crippen molar-refractivity contribution in [2.24, 2.45) is 10.2 Å². The van der Waals surface area contributed by atoms with E-state index in [9.17, 15) is 10.1 Å². The molecular formula is C21H22ClN5O6S. The molecule has 0 radical (unpaired) electrons. The van der Waals surface area contributed by atoms with Gasteiger partial charge in [0.25, 0.3) is 5.69 Å². The first-order chi connectivity index (χ1) is 16.1. The van der Waals surface area contributed by atoms with E-state index in [4.69, 9.17) is 29.1 Å². The number of nitro benzene ring substituents is 1. The summed E-state index contributed by atoms with van der Waals surface area (Å²) in [5, 5.41) is 22.6. The number of non-ortho nitro benzene ring substituents is 1. The number of aromatic nitrogens is 1. The van der Waals surface area contributed by atoms with Crippen molar-refractivity contribution in [1.82, 2.24) is 5.32 Å². The fourth-order valence-electron chi connectivity index (χ4n) is 2.68. The molecule has 13 heteroatoms. The van der Waals surface area contributed by atoms with Crippen LogP contribution in [0.15, 0.2) is 83.3 Å². The van der Waals surface area contributed by atoms with Gasteiger partial charge in [0.1, 0.15) is 5.69 Å². The van der Waals surface area contributed by atoms with Crippen molar-refractivity contribution < 1.29 is 27.0 Å². The molecule has 3 aromatic rings. The van der Waals surface area contributed by atoms with E-state index in [0.717, 1.165) is 26.1 Å². The Morgan fingerprint density at radius 3 is 2.26 bits per heavy atom. The minimum Gasteiger partial charge on any atom is -0.726 e. The molecule has 0 bridgehead atoms. The molecule has 180 valence electrons. The lowest BCUT2D eigenvalue weighted by molar-refractivity contribution is -0.695. The van der Waals surface area contributed by atoms with Gasteiger partial charge in [0.05, 0.1) is 22.2 Å². The molecule has 2 aromatic carbocycles. The number of pyridine rings is 1. The second kappa shape index (κ2) is 13.4. The monoisotopic (exact) mass is 507 g/mol. The van der Waals surface area contributed by atoms with Crippen LogP contribution in [-0.4, -0.2) is 35.5 Å². The highest BCUT2D eigenvalue weighted by Gasteiger charge is 2.09. The molecule has 0 aliphatic heterocycles. The largest absolute Gasteiger partial charge is 0.726 e. The summed E-state index contributed by atoms with van der Waals surface area (Å²) in [6.07, 6.45) is 5.03. The van der Waals surface area contributed by atoms with E-state index in [2.05, 4.69) is 32.5 Å². The Hall–Kier alpha value is -3.29. The van der Waals surface area contributed by atoms with Crippen LogP contribution >= 0.6 is 11.6 Å². The van der Waals surface area contributed by atoms with Gasteiger partial charge in [-0.2, -0.15) is 5.11 Å². The molecule has 0 fully saturated rings. The van der Waals surface area contributed by atoms with Crippen molar-refractivity contribution in [1.29, 1.82) is 0 Å². The quantitative estimate of drug-likeness (QED) is 0.0846. The van der Waals surface area contributed by atoms with E-state index >= 15 is 0 Å². The molecular weight excluding hydrogens is 486 g/mol.